The van der Waals surface area contributed by atoms with Crippen LogP contribution in [0.25, 0.3) is 0 Å². The first-order valence-corrected chi connectivity index (χ1v) is 6.11. The van der Waals surface area contributed by atoms with E-state index in [-0.39, 0.29) is 12.5 Å². The lowest BCUT2D eigenvalue weighted by Gasteiger charge is -2.04. The number of hydrogen-bond acceptors (Lipinski definition) is 3. The fourth-order valence-corrected chi connectivity index (χ4v) is 1.36. The Morgan fingerprint density at radius 1 is 1.25 bits per heavy atom. The summed E-state index contributed by atoms with van der Waals surface area (Å²) in [5.41, 5.74) is 0. The Hall–Kier alpha value is -1.01. The van der Waals surface area contributed by atoms with Crippen LogP contribution in [0.1, 0.15) is 45.4 Å². The van der Waals surface area contributed by atoms with Gasteiger partial charge in [0.2, 0.25) is 0 Å². The molecule has 0 aliphatic carbocycles. The molecule has 1 N–H and O–H groups in total. The Kier molecular flexibility index (Phi) is 11.3. The SMILES string of the molecule is C#CCNCC(=O)OCCCCCCCC. The summed E-state index contributed by atoms with van der Waals surface area (Å²) in [6.07, 6.45) is 12.2. The lowest BCUT2D eigenvalue weighted by molar-refractivity contribution is -0.142. The molecule has 0 radical (unpaired) electrons. The highest BCUT2D eigenvalue weighted by Gasteiger charge is 2.00. The normalized spacial score (nSPS) is 9.75. The van der Waals surface area contributed by atoms with Crippen molar-refractivity contribution in [1.82, 2.24) is 5.32 Å². The van der Waals surface area contributed by atoms with Crippen LogP contribution in [0.2, 0.25) is 0 Å². The van der Waals surface area contributed by atoms with Gasteiger partial charge in [-0.05, 0) is 6.42 Å². The molecule has 0 fully saturated rings. The molecule has 3 heteroatoms. The number of nitrogens with one attached hydrogen (secondary N) is 1. The highest BCUT2D eigenvalue weighted by molar-refractivity contribution is 5.71. The predicted molar refractivity (Wildman–Crippen MR) is 66.0 cm³/mol. The van der Waals surface area contributed by atoms with Crippen LogP contribution in [0.15, 0.2) is 0 Å². The molecule has 0 aliphatic rings. The van der Waals surface area contributed by atoms with Crippen molar-refractivity contribution in [2.24, 2.45) is 0 Å². The van der Waals surface area contributed by atoms with Crippen LogP contribution in [-0.4, -0.2) is 25.7 Å². The average Bonchev–Trinajstić information content (AvgIpc) is 2.28. The molecular weight excluding hydrogens is 202 g/mol. The molecule has 0 spiro atoms. The van der Waals surface area contributed by atoms with E-state index in [0.717, 1.165) is 12.8 Å². The lowest BCUT2D eigenvalue weighted by Crippen LogP contribution is -2.25. The van der Waals surface area contributed by atoms with Gasteiger partial charge in [0.05, 0.1) is 19.7 Å². The first-order chi connectivity index (χ1) is 7.81. The minimum absolute atomic E-state index is 0.208. The van der Waals surface area contributed by atoms with E-state index in [9.17, 15) is 4.79 Å². The average molecular weight is 225 g/mol. The van der Waals surface area contributed by atoms with E-state index in [1.165, 1.54) is 25.7 Å². The zero-order valence-corrected chi connectivity index (χ0v) is 10.3. The van der Waals surface area contributed by atoms with Gasteiger partial charge in [-0.1, -0.05) is 44.9 Å². The van der Waals surface area contributed by atoms with E-state index in [4.69, 9.17) is 11.2 Å². The zero-order valence-electron chi connectivity index (χ0n) is 10.3. The Morgan fingerprint density at radius 3 is 2.62 bits per heavy atom. The van der Waals surface area contributed by atoms with Gasteiger partial charge in [0.1, 0.15) is 0 Å². The quantitative estimate of drug-likeness (QED) is 0.351. The smallest absolute Gasteiger partial charge is 0.319 e. The summed E-state index contributed by atoms with van der Waals surface area (Å²) < 4.78 is 5.03. The summed E-state index contributed by atoms with van der Waals surface area (Å²) in [5, 5.41) is 2.79. The molecule has 0 bridgehead atoms. The Balaban J connectivity index is 3.12. The molecule has 0 atom stereocenters. The van der Waals surface area contributed by atoms with Gasteiger partial charge in [0.15, 0.2) is 0 Å². The number of unbranched alkanes of at least 4 members (excludes halogenated alkanes) is 5. The van der Waals surface area contributed by atoms with Crippen LogP contribution >= 0.6 is 0 Å². The zero-order chi connectivity index (χ0) is 12.1. The summed E-state index contributed by atoms with van der Waals surface area (Å²) in [5.74, 6) is 2.18. The Morgan fingerprint density at radius 2 is 1.94 bits per heavy atom. The van der Waals surface area contributed by atoms with E-state index < -0.39 is 0 Å². The van der Waals surface area contributed by atoms with Crippen molar-refractivity contribution in [2.45, 2.75) is 45.4 Å². The Bertz CT molecular complexity index is 208. The number of ether oxygens (including phenoxy) is 1. The van der Waals surface area contributed by atoms with Crippen LogP contribution in [0.5, 0.6) is 0 Å². The maximum Gasteiger partial charge on any atom is 0.319 e. The summed E-state index contributed by atoms with van der Waals surface area (Å²) in [6, 6.07) is 0. The van der Waals surface area contributed by atoms with E-state index in [0.29, 0.717) is 13.2 Å². The predicted octanol–water partition coefficient (Wildman–Crippen LogP) is 2.11. The molecule has 16 heavy (non-hydrogen) atoms. The maximum atomic E-state index is 11.1. The molecule has 3 nitrogen and oxygen atoms in total. The molecular formula is C13H23NO2. The monoisotopic (exact) mass is 225 g/mol. The van der Waals surface area contributed by atoms with Crippen LogP contribution in [-0.2, 0) is 9.53 Å². The molecule has 0 aromatic rings. The third kappa shape index (κ3) is 11.1. The van der Waals surface area contributed by atoms with Crippen LogP contribution in [0.4, 0.5) is 0 Å². The van der Waals surface area contributed by atoms with Crippen molar-refractivity contribution in [3.8, 4) is 12.3 Å². The molecule has 0 saturated carbocycles. The van der Waals surface area contributed by atoms with Gasteiger partial charge in [0, 0.05) is 0 Å². The van der Waals surface area contributed by atoms with Crippen LogP contribution < -0.4 is 5.32 Å². The molecule has 92 valence electrons. The second kappa shape index (κ2) is 12.1. The van der Waals surface area contributed by atoms with Gasteiger partial charge in [-0.25, -0.2) is 0 Å². The summed E-state index contributed by atoms with van der Waals surface area (Å²) in [6.45, 7) is 3.35. The van der Waals surface area contributed by atoms with Crippen molar-refractivity contribution in [1.29, 1.82) is 0 Å². The van der Waals surface area contributed by atoms with Gasteiger partial charge in [-0.15, -0.1) is 6.42 Å². The number of carbonyl (C=O) groups excluding carboxylic acids is 1. The molecule has 0 unspecified atom stereocenters. The van der Waals surface area contributed by atoms with Gasteiger partial charge < -0.3 is 4.74 Å². The number of terminal acetylenes is 1. The van der Waals surface area contributed by atoms with Crippen LogP contribution in [0.3, 0.4) is 0 Å². The van der Waals surface area contributed by atoms with Gasteiger partial charge in [-0.2, -0.15) is 0 Å². The van der Waals surface area contributed by atoms with Gasteiger partial charge in [0.25, 0.3) is 0 Å². The summed E-state index contributed by atoms with van der Waals surface area (Å²) in [7, 11) is 0. The molecule has 0 aliphatic heterocycles. The number of hydrogen-bond donors (Lipinski definition) is 1. The Labute approximate surface area is 98.9 Å². The van der Waals surface area contributed by atoms with E-state index in [2.05, 4.69) is 18.2 Å². The highest BCUT2D eigenvalue weighted by atomic mass is 16.5. The second-order valence-electron chi connectivity index (χ2n) is 3.80. The molecule has 0 rings (SSSR count). The minimum atomic E-state index is -0.219. The van der Waals surface area contributed by atoms with Crippen molar-refractivity contribution in [3.63, 3.8) is 0 Å². The van der Waals surface area contributed by atoms with E-state index in [1.54, 1.807) is 0 Å². The van der Waals surface area contributed by atoms with Crippen molar-refractivity contribution in [2.75, 3.05) is 19.7 Å². The van der Waals surface area contributed by atoms with Crippen LogP contribution in [0, 0.1) is 12.3 Å². The highest BCUT2D eigenvalue weighted by Crippen LogP contribution is 2.04. The van der Waals surface area contributed by atoms with Crippen molar-refractivity contribution >= 4 is 5.97 Å². The molecule has 0 amide bonds. The molecule has 0 aromatic heterocycles. The first-order valence-electron chi connectivity index (χ1n) is 6.11. The van der Waals surface area contributed by atoms with Gasteiger partial charge in [-0.3, -0.25) is 10.1 Å². The second-order valence-corrected chi connectivity index (χ2v) is 3.80. The third-order valence-corrected chi connectivity index (χ3v) is 2.26. The number of esters is 1. The fourth-order valence-electron chi connectivity index (χ4n) is 1.36. The summed E-state index contributed by atoms with van der Waals surface area (Å²) in [4.78, 5) is 11.1. The first kappa shape index (κ1) is 15.0. The molecule has 0 saturated heterocycles. The number of rotatable bonds is 10. The lowest BCUT2D eigenvalue weighted by atomic mass is 10.1. The molecule has 0 aromatic carbocycles. The number of carbonyl (C=O) groups is 1. The standard InChI is InChI=1S/C13H23NO2/c1-3-5-6-7-8-9-11-16-13(15)12-14-10-4-2/h2,14H,3,5-12H2,1H3. The molecule has 0 heterocycles. The fraction of sp³-hybridized carbons (Fsp3) is 0.769. The van der Waals surface area contributed by atoms with E-state index >= 15 is 0 Å². The minimum Gasteiger partial charge on any atom is -0.465 e. The van der Waals surface area contributed by atoms with Gasteiger partial charge >= 0.3 is 5.97 Å². The van der Waals surface area contributed by atoms with Crippen molar-refractivity contribution in [3.05, 3.63) is 0 Å². The largest absolute Gasteiger partial charge is 0.465 e. The topological polar surface area (TPSA) is 38.3 Å². The summed E-state index contributed by atoms with van der Waals surface area (Å²) >= 11 is 0. The third-order valence-electron chi connectivity index (χ3n) is 2.26. The van der Waals surface area contributed by atoms with E-state index in [1.807, 2.05) is 0 Å². The maximum absolute atomic E-state index is 11.1. The van der Waals surface area contributed by atoms with Crippen molar-refractivity contribution < 1.29 is 9.53 Å².